The van der Waals surface area contributed by atoms with Gasteiger partial charge in [-0.25, -0.2) is 0 Å². The van der Waals surface area contributed by atoms with Crippen LogP contribution in [0.4, 0.5) is 0 Å². The van der Waals surface area contributed by atoms with E-state index in [2.05, 4.69) is 48.3 Å². The highest BCUT2D eigenvalue weighted by molar-refractivity contribution is 5.86. The van der Waals surface area contributed by atoms with Gasteiger partial charge in [0.1, 0.15) is 0 Å². The number of hydrogen-bond acceptors (Lipinski definition) is 3. The lowest BCUT2D eigenvalue weighted by Gasteiger charge is -2.20. The Hall–Kier alpha value is -0.0300. The molecule has 3 nitrogen and oxygen atoms in total. The Morgan fingerprint density at radius 3 is 1.88 bits per heavy atom. The smallest absolute Gasteiger partial charge is 0.0205 e. The summed E-state index contributed by atoms with van der Waals surface area (Å²) in [6, 6.07) is 8.56. The van der Waals surface area contributed by atoms with Crippen LogP contribution >= 0.6 is 37.2 Å². The van der Waals surface area contributed by atoms with Crippen molar-refractivity contribution in [3.63, 3.8) is 0 Å². The number of halogens is 3. The van der Waals surface area contributed by atoms with E-state index in [4.69, 9.17) is 5.73 Å². The third-order valence-electron chi connectivity index (χ3n) is 3.75. The van der Waals surface area contributed by atoms with Crippen molar-refractivity contribution >= 4 is 37.2 Å². The zero-order valence-electron chi connectivity index (χ0n) is 15.1. The molecular weight excluding hydrogens is 365 g/mol. The molecule has 0 amide bonds. The van der Waals surface area contributed by atoms with Gasteiger partial charge in [-0.1, -0.05) is 38.1 Å². The van der Waals surface area contributed by atoms with Crippen LogP contribution in [0.5, 0.6) is 0 Å². The highest BCUT2D eigenvalue weighted by atomic mass is 35.5. The Kier molecular flexibility index (Phi) is 23.1. The largest absolute Gasteiger partial charge is 0.326 e. The van der Waals surface area contributed by atoms with Gasteiger partial charge in [-0.15, -0.1) is 37.2 Å². The van der Waals surface area contributed by atoms with Crippen molar-refractivity contribution in [3.05, 3.63) is 35.4 Å². The monoisotopic (exact) mass is 399 g/mol. The maximum atomic E-state index is 5.60. The van der Waals surface area contributed by atoms with Crippen LogP contribution in [0, 0.1) is 0 Å². The highest BCUT2D eigenvalue weighted by Gasteiger charge is 2.01. The van der Waals surface area contributed by atoms with E-state index >= 15 is 0 Å². The van der Waals surface area contributed by atoms with Crippen molar-refractivity contribution in [2.45, 2.75) is 52.6 Å². The van der Waals surface area contributed by atoms with Gasteiger partial charge in [0.2, 0.25) is 0 Å². The van der Waals surface area contributed by atoms with Gasteiger partial charge in [-0.05, 0) is 63.0 Å². The second-order valence-electron chi connectivity index (χ2n) is 5.75. The van der Waals surface area contributed by atoms with Gasteiger partial charge in [0.25, 0.3) is 0 Å². The van der Waals surface area contributed by atoms with E-state index in [1.54, 1.807) is 0 Å². The van der Waals surface area contributed by atoms with Gasteiger partial charge in [0, 0.05) is 13.1 Å². The molecule has 24 heavy (non-hydrogen) atoms. The Bertz CT molecular complexity index is 355. The third-order valence-corrected chi connectivity index (χ3v) is 3.75. The lowest BCUT2D eigenvalue weighted by Crippen LogP contribution is -2.27. The van der Waals surface area contributed by atoms with Crippen LogP contribution in [-0.2, 0) is 13.1 Å². The predicted molar refractivity (Wildman–Crippen MR) is 114 cm³/mol. The molecule has 6 heteroatoms. The van der Waals surface area contributed by atoms with Crippen molar-refractivity contribution in [1.29, 1.82) is 0 Å². The van der Waals surface area contributed by atoms with Gasteiger partial charge in [-0.2, -0.15) is 0 Å². The summed E-state index contributed by atoms with van der Waals surface area (Å²) in [4.78, 5) is 2.59. The summed E-state index contributed by atoms with van der Waals surface area (Å²) in [5, 5.41) is 3.53. The molecule has 0 atom stereocenters. The molecule has 0 aromatic heterocycles. The predicted octanol–water partition coefficient (Wildman–Crippen LogP) is 4.40. The van der Waals surface area contributed by atoms with Crippen molar-refractivity contribution in [2.75, 3.05) is 26.2 Å². The van der Waals surface area contributed by atoms with E-state index in [1.807, 2.05) is 0 Å². The van der Waals surface area contributed by atoms with E-state index in [0.717, 1.165) is 13.1 Å². The van der Waals surface area contributed by atoms with E-state index in [-0.39, 0.29) is 37.2 Å². The van der Waals surface area contributed by atoms with E-state index in [9.17, 15) is 0 Å². The Balaban J connectivity index is -0.00000147. The Morgan fingerprint density at radius 2 is 1.38 bits per heavy atom. The zero-order chi connectivity index (χ0) is 15.3. The molecule has 1 aromatic carbocycles. The summed E-state index contributed by atoms with van der Waals surface area (Å²) in [5.41, 5.74) is 8.14. The molecule has 0 aliphatic carbocycles. The minimum atomic E-state index is 0. The van der Waals surface area contributed by atoms with Gasteiger partial charge in [-0.3, -0.25) is 0 Å². The van der Waals surface area contributed by atoms with Crippen molar-refractivity contribution < 1.29 is 0 Å². The second kappa shape index (κ2) is 19.3. The first-order valence-electron chi connectivity index (χ1n) is 8.51. The number of nitrogens with zero attached hydrogens (tertiary/aromatic N) is 1. The molecule has 0 aliphatic heterocycles. The van der Waals surface area contributed by atoms with Crippen molar-refractivity contribution in [2.24, 2.45) is 5.73 Å². The molecule has 144 valence electrons. The van der Waals surface area contributed by atoms with Gasteiger partial charge < -0.3 is 16.0 Å². The normalized spacial score (nSPS) is 9.83. The maximum absolute atomic E-state index is 5.60. The molecular formula is C18H36Cl3N3. The molecule has 0 bridgehead atoms. The van der Waals surface area contributed by atoms with Crippen LogP contribution in [-0.4, -0.2) is 31.1 Å². The maximum Gasteiger partial charge on any atom is 0.0205 e. The number of nitrogens with two attached hydrogens (primary N) is 1. The number of rotatable bonds is 12. The first-order chi connectivity index (χ1) is 10.3. The quantitative estimate of drug-likeness (QED) is 0.511. The average molecular weight is 401 g/mol. The number of hydrogen-bond donors (Lipinski definition) is 2. The molecule has 0 radical (unpaired) electrons. The fourth-order valence-corrected chi connectivity index (χ4v) is 2.58. The van der Waals surface area contributed by atoms with Crippen LogP contribution < -0.4 is 11.1 Å². The van der Waals surface area contributed by atoms with Crippen LogP contribution in [0.2, 0.25) is 0 Å². The zero-order valence-corrected chi connectivity index (χ0v) is 17.6. The van der Waals surface area contributed by atoms with E-state index < -0.39 is 0 Å². The molecule has 0 unspecified atom stereocenters. The molecule has 1 rings (SSSR count). The van der Waals surface area contributed by atoms with Crippen molar-refractivity contribution in [1.82, 2.24) is 10.2 Å². The number of benzene rings is 1. The van der Waals surface area contributed by atoms with Gasteiger partial charge in [0.05, 0.1) is 0 Å². The van der Waals surface area contributed by atoms with E-state index in [1.165, 1.54) is 56.4 Å². The average Bonchev–Trinajstić information content (AvgIpc) is 2.51. The molecule has 0 fully saturated rings. The number of unbranched alkanes of at least 4 members (excludes halogenated alkanes) is 1. The molecule has 0 spiro atoms. The Labute approximate surface area is 167 Å². The summed E-state index contributed by atoms with van der Waals surface area (Å²) in [6.07, 6.45) is 5.07. The first-order valence-corrected chi connectivity index (χ1v) is 8.51. The summed E-state index contributed by atoms with van der Waals surface area (Å²) in [7, 11) is 0. The lowest BCUT2D eigenvalue weighted by molar-refractivity contribution is 0.268. The van der Waals surface area contributed by atoms with Crippen molar-refractivity contribution in [3.8, 4) is 0 Å². The standard InChI is InChI=1S/C18H33N3.3ClH/c1-3-12-21(13-4-2)14-6-5-11-20-16-18-9-7-17(15-19)8-10-18;;;/h7-10,20H,3-6,11-16,19H2,1-2H3;3*1H. The van der Waals surface area contributed by atoms with Crippen LogP contribution in [0.3, 0.4) is 0 Å². The van der Waals surface area contributed by atoms with Gasteiger partial charge >= 0.3 is 0 Å². The fraction of sp³-hybridized carbons (Fsp3) is 0.667. The second-order valence-corrected chi connectivity index (χ2v) is 5.75. The SMILES string of the molecule is CCCN(CCC)CCCCNCc1ccc(CN)cc1.Cl.Cl.Cl. The molecule has 0 saturated carbocycles. The Morgan fingerprint density at radius 1 is 0.833 bits per heavy atom. The molecule has 0 saturated heterocycles. The highest BCUT2D eigenvalue weighted by Crippen LogP contribution is 2.03. The molecule has 0 aliphatic rings. The number of nitrogens with one attached hydrogen (secondary N) is 1. The summed E-state index contributed by atoms with van der Waals surface area (Å²) in [5.74, 6) is 0. The fourth-order valence-electron chi connectivity index (χ4n) is 2.58. The van der Waals surface area contributed by atoms with Gasteiger partial charge in [0.15, 0.2) is 0 Å². The minimum absolute atomic E-state index is 0. The summed E-state index contributed by atoms with van der Waals surface area (Å²) in [6.45, 7) is 10.9. The lowest BCUT2D eigenvalue weighted by atomic mass is 10.1. The minimum Gasteiger partial charge on any atom is -0.326 e. The first kappa shape index (κ1) is 28.8. The molecule has 1 aromatic rings. The molecule has 3 N–H and O–H groups in total. The summed E-state index contributed by atoms with van der Waals surface area (Å²) < 4.78 is 0. The van der Waals surface area contributed by atoms with E-state index in [0.29, 0.717) is 6.54 Å². The van der Waals surface area contributed by atoms with Crippen LogP contribution in [0.25, 0.3) is 0 Å². The summed E-state index contributed by atoms with van der Waals surface area (Å²) >= 11 is 0. The topological polar surface area (TPSA) is 41.3 Å². The van der Waals surface area contributed by atoms with Crippen LogP contribution in [0.15, 0.2) is 24.3 Å². The van der Waals surface area contributed by atoms with Crippen LogP contribution in [0.1, 0.15) is 50.7 Å². The molecule has 0 heterocycles. The third kappa shape index (κ3) is 13.3.